The summed E-state index contributed by atoms with van der Waals surface area (Å²) in [5.41, 5.74) is 6.87. The average Bonchev–Trinajstić information content (AvgIpc) is 3.31. The number of hydrogen-bond donors (Lipinski definition) is 1. The van der Waals surface area contributed by atoms with Crippen molar-refractivity contribution in [1.29, 1.82) is 0 Å². The van der Waals surface area contributed by atoms with Gasteiger partial charge in [0, 0.05) is 25.2 Å². The highest BCUT2D eigenvalue weighted by atomic mass is 16.5. The minimum atomic E-state index is -0.0854. The molecule has 2 N–H and O–H groups in total. The highest BCUT2D eigenvalue weighted by Crippen LogP contribution is 2.38. The molecule has 1 aromatic rings. The fourth-order valence-corrected chi connectivity index (χ4v) is 3.16. The van der Waals surface area contributed by atoms with Crippen molar-refractivity contribution in [3.63, 3.8) is 0 Å². The van der Waals surface area contributed by atoms with Gasteiger partial charge in [-0.1, -0.05) is 18.2 Å². The third-order valence-electron chi connectivity index (χ3n) is 4.51. The molecule has 2 unspecified atom stereocenters. The number of carbonyl (C=O) groups is 1. The molecule has 1 fully saturated rings. The van der Waals surface area contributed by atoms with Crippen molar-refractivity contribution in [3.8, 4) is 5.75 Å². The first kappa shape index (κ1) is 13.4. The number of likely N-dealkylation sites (N-methyl/N-ethyl adjacent to an activating group) is 1. The standard InChI is InChI=1S/C16H22N2O2/c1-18(14(10-17)11-6-7-11)16(19)13-8-9-20-15-5-3-2-4-12(13)15/h2-5,11,13-14H,6-10,17H2,1H3. The van der Waals surface area contributed by atoms with Gasteiger partial charge in [0.25, 0.3) is 0 Å². The van der Waals surface area contributed by atoms with Gasteiger partial charge < -0.3 is 15.4 Å². The number of hydrogen-bond acceptors (Lipinski definition) is 3. The minimum Gasteiger partial charge on any atom is -0.493 e. The van der Waals surface area contributed by atoms with E-state index in [9.17, 15) is 4.79 Å². The monoisotopic (exact) mass is 274 g/mol. The third kappa shape index (κ3) is 2.40. The van der Waals surface area contributed by atoms with Gasteiger partial charge >= 0.3 is 0 Å². The van der Waals surface area contributed by atoms with Crippen molar-refractivity contribution in [2.45, 2.75) is 31.2 Å². The Morgan fingerprint density at radius 3 is 2.85 bits per heavy atom. The lowest BCUT2D eigenvalue weighted by Crippen LogP contribution is -2.45. The molecule has 1 amide bonds. The molecular formula is C16H22N2O2. The van der Waals surface area contributed by atoms with Crippen LogP contribution in [0.4, 0.5) is 0 Å². The van der Waals surface area contributed by atoms with E-state index in [0.29, 0.717) is 19.1 Å². The maximum atomic E-state index is 12.8. The third-order valence-corrected chi connectivity index (χ3v) is 4.51. The lowest BCUT2D eigenvalue weighted by atomic mass is 9.91. The number of nitrogens with two attached hydrogens (primary N) is 1. The fourth-order valence-electron chi connectivity index (χ4n) is 3.16. The van der Waals surface area contributed by atoms with E-state index in [0.717, 1.165) is 17.7 Å². The van der Waals surface area contributed by atoms with Gasteiger partial charge in [0.15, 0.2) is 0 Å². The number of para-hydroxylation sites is 1. The summed E-state index contributed by atoms with van der Waals surface area (Å²) in [4.78, 5) is 14.7. The van der Waals surface area contributed by atoms with E-state index >= 15 is 0 Å². The van der Waals surface area contributed by atoms with Crippen molar-refractivity contribution in [2.75, 3.05) is 20.2 Å². The molecule has 1 aliphatic carbocycles. The topological polar surface area (TPSA) is 55.6 Å². The van der Waals surface area contributed by atoms with Crippen molar-refractivity contribution in [1.82, 2.24) is 4.90 Å². The maximum Gasteiger partial charge on any atom is 0.230 e. The number of benzene rings is 1. The van der Waals surface area contributed by atoms with Gasteiger partial charge in [0.2, 0.25) is 5.91 Å². The Kier molecular flexibility index (Phi) is 3.66. The highest BCUT2D eigenvalue weighted by Gasteiger charge is 2.38. The van der Waals surface area contributed by atoms with E-state index in [2.05, 4.69) is 0 Å². The van der Waals surface area contributed by atoms with Gasteiger partial charge in [0.1, 0.15) is 5.75 Å². The first-order valence-electron chi connectivity index (χ1n) is 7.41. The van der Waals surface area contributed by atoms with Crippen molar-refractivity contribution < 1.29 is 9.53 Å². The van der Waals surface area contributed by atoms with Gasteiger partial charge in [-0.15, -0.1) is 0 Å². The van der Waals surface area contributed by atoms with Crippen LogP contribution in [-0.4, -0.2) is 37.0 Å². The Morgan fingerprint density at radius 2 is 2.15 bits per heavy atom. The van der Waals surface area contributed by atoms with Gasteiger partial charge in [-0.25, -0.2) is 0 Å². The Balaban J connectivity index is 1.80. The molecule has 108 valence electrons. The zero-order valence-corrected chi connectivity index (χ0v) is 11.9. The van der Waals surface area contributed by atoms with Crippen LogP contribution in [0.3, 0.4) is 0 Å². The van der Waals surface area contributed by atoms with E-state index in [1.165, 1.54) is 12.8 Å². The number of rotatable bonds is 4. The van der Waals surface area contributed by atoms with Gasteiger partial charge in [-0.3, -0.25) is 4.79 Å². The first-order valence-corrected chi connectivity index (χ1v) is 7.41. The molecule has 1 heterocycles. The molecule has 2 aliphatic rings. The van der Waals surface area contributed by atoms with Gasteiger partial charge in [0.05, 0.1) is 12.5 Å². The fraction of sp³-hybridized carbons (Fsp3) is 0.562. The molecule has 2 atom stereocenters. The van der Waals surface area contributed by atoms with Gasteiger partial charge in [-0.05, 0) is 31.2 Å². The van der Waals surface area contributed by atoms with Crippen LogP contribution in [-0.2, 0) is 4.79 Å². The zero-order chi connectivity index (χ0) is 14.1. The average molecular weight is 274 g/mol. The van der Waals surface area contributed by atoms with Crippen LogP contribution >= 0.6 is 0 Å². The molecular weight excluding hydrogens is 252 g/mol. The van der Waals surface area contributed by atoms with Crippen LogP contribution in [0.5, 0.6) is 5.75 Å². The molecule has 1 aliphatic heterocycles. The Hall–Kier alpha value is -1.55. The second-order valence-electron chi connectivity index (χ2n) is 5.82. The largest absolute Gasteiger partial charge is 0.493 e. The van der Waals surface area contributed by atoms with E-state index in [-0.39, 0.29) is 17.9 Å². The predicted octanol–water partition coefficient (Wildman–Crippen LogP) is 1.75. The molecule has 0 saturated heterocycles. The summed E-state index contributed by atoms with van der Waals surface area (Å²) in [6, 6.07) is 8.05. The van der Waals surface area contributed by atoms with E-state index in [1.54, 1.807) is 0 Å². The molecule has 4 heteroatoms. The molecule has 20 heavy (non-hydrogen) atoms. The van der Waals surface area contributed by atoms with E-state index in [1.807, 2.05) is 36.2 Å². The zero-order valence-electron chi connectivity index (χ0n) is 11.9. The number of fused-ring (bicyclic) bond motifs is 1. The quantitative estimate of drug-likeness (QED) is 0.910. The van der Waals surface area contributed by atoms with E-state index < -0.39 is 0 Å². The summed E-state index contributed by atoms with van der Waals surface area (Å²) in [6.45, 7) is 1.16. The number of ether oxygens (including phenoxy) is 1. The summed E-state index contributed by atoms with van der Waals surface area (Å²) in [6.07, 6.45) is 3.15. The number of carbonyl (C=O) groups excluding carboxylic acids is 1. The number of nitrogens with zero attached hydrogens (tertiary/aromatic N) is 1. The van der Waals surface area contributed by atoms with Crippen LogP contribution in [0.1, 0.15) is 30.7 Å². The summed E-state index contributed by atoms with van der Waals surface area (Å²) < 4.78 is 5.63. The molecule has 0 radical (unpaired) electrons. The lowest BCUT2D eigenvalue weighted by Gasteiger charge is -2.33. The molecule has 0 spiro atoms. The van der Waals surface area contributed by atoms with E-state index in [4.69, 9.17) is 10.5 Å². The predicted molar refractivity (Wildman–Crippen MR) is 77.6 cm³/mol. The SMILES string of the molecule is CN(C(=O)C1CCOc2ccccc21)C(CN)C1CC1. The summed E-state index contributed by atoms with van der Waals surface area (Å²) in [5, 5.41) is 0. The molecule has 1 aromatic carbocycles. The molecule has 0 bridgehead atoms. The summed E-state index contributed by atoms with van der Waals surface area (Å²) in [7, 11) is 1.90. The first-order chi connectivity index (χ1) is 9.72. The second-order valence-corrected chi connectivity index (χ2v) is 5.82. The van der Waals surface area contributed by atoms with Crippen LogP contribution in [0, 0.1) is 5.92 Å². The highest BCUT2D eigenvalue weighted by molar-refractivity contribution is 5.85. The normalized spacial score (nSPS) is 22.6. The van der Waals surface area contributed by atoms with Crippen LogP contribution in [0.15, 0.2) is 24.3 Å². The Bertz CT molecular complexity index is 499. The molecule has 0 aromatic heterocycles. The van der Waals surface area contributed by atoms with Crippen molar-refractivity contribution in [2.24, 2.45) is 11.7 Å². The van der Waals surface area contributed by atoms with Crippen LogP contribution in [0.25, 0.3) is 0 Å². The van der Waals surface area contributed by atoms with Gasteiger partial charge in [-0.2, -0.15) is 0 Å². The molecule has 1 saturated carbocycles. The Labute approximate surface area is 119 Å². The minimum absolute atomic E-state index is 0.0854. The number of amides is 1. The second kappa shape index (κ2) is 5.44. The lowest BCUT2D eigenvalue weighted by molar-refractivity contribution is -0.134. The molecule has 4 nitrogen and oxygen atoms in total. The van der Waals surface area contributed by atoms with Crippen molar-refractivity contribution in [3.05, 3.63) is 29.8 Å². The Morgan fingerprint density at radius 1 is 1.40 bits per heavy atom. The van der Waals surface area contributed by atoms with Crippen LogP contribution < -0.4 is 10.5 Å². The maximum absolute atomic E-state index is 12.8. The van der Waals surface area contributed by atoms with Crippen LogP contribution in [0.2, 0.25) is 0 Å². The summed E-state index contributed by atoms with van der Waals surface area (Å²) >= 11 is 0. The smallest absolute Gasteiger partial charge is 0.230 e. The molecule has 3 rings (SSSR count). The summed E-state index contributed by atoms with van der Waals surface area (Å²) in [5.74, 6) is 1.55. The van der Waals surface area contributed by atoms with Crippen molar-refractivity contribution >= 4 is 5.91 Å².